The van der Waals surface area contributed by atoms with Gasteiger partial charge in [0.05, 0.1) is 11.7 Å². The lowest BCUT2D eigenvalue weighted by molar-refractivity contribution is -0.163. The molecule has 2 aliphatic rings. The Bertz CT molecular complexity index is 1560. The van der Waals surface area contributed by atoms with E-state index in [1.165, 1.54) is 5.51 Å². The molecular weight excluding hydrogens is 554 g/mol. The lowest BCUT2D eigenvalue weighted by Crippen LogP contribution is -2.58. The number of benzene rings is 2. The molecule has 1 unspecified atom stereocenters. The van der Waals surface area contributed by atoms with Gasteiger partial charge in [-0.3, -0.25) is 15.1 Å². The predicted molar refractivity (Wildman–Crippen MR) is 155 cm³/mol. The number of ether oxygens (including phenoxy) is 2. The van der Waals surface area contributed by atoms with E-state index in [-0.39, 0.29) is 18.6 Å². The third kappa shape index (κ3) is 5.38. The van der Waals surface area contributed by atoms with Gasteiger partial charge in [-0.25, -0.2) is 9.59 Å². The van der Waals surface area contributed by atoms with Gasteiger partial charge in [0.25, 0.3) is 5.91 Å². The Morgan fingerprint density at radius 2 is 1.76 bits per heavy atom. The smallest absolute Gasteiger partial charge is 0.413 e. The zero-order valence-electron chi connectivity index (χ0n) is 22.6. The minimum atomic E-state index is -0.986. The minimum absolute atomic E-state index is 0.129. The van der Waals surface area contributed by atoms with Crippen molar-refractivity contribution in [3.05, 3.63) is 113 Å². The van der Waals surface area contributed by atoms with Crippen LogP contribution in [-0.2, 0) is 19.1 Å². The zero-order chi connectivity index (χ0) is 29.1. The number of anilines is 1. The maximum atomic E-state index is 14.1. The standard InChI is InChI=1S/C31H27N5O5S/c1-31(18-40-30(39)34-29-35-33-19-42-29)17-24-23(16-22-14-8-9-15-32-22)27(37)36(24)26(31)28(38)41-25(20-10-4-2-5-11-20)21-12-6-3-7-13-21/h2-16,19,24-26H,17-18H2,1H3,(H,34,35,39)/b23-16+/t24?,26-,31-/m0/s1. The van der Waals surface area contributed by atoms with Crippen molar-refractivity contribution in [3.63, 3.8) is 0 Å². The van der Waals surface area contributed by atoms with Gasteiger partial charge in [-0.1, -0.05) is 85.0 Å². The van der Waals surface area contributed by atoms with Crippen molar-refractivity contribution in [2.24, 2.45) is 5.41 Å². The van der Waals surface area contributed by atoms with Gasteiger partial charge in [0.15, 0.2) is 6.10 Å². The molecule has 0 radical (unpaired) electrons. The van der Waals surface area contributed by atoms with Crippen molar-refractivity contribution in [2.75, 3.05) is 11.9 Å². The number of amides is 2. The van der Waals surface area contributed by atoms with Crippen LogP contribution in [-0.4, -0.2) is 56.7 Å². The SMILES string of the molecule is C[C@@]1(COC(=O)Nc2nncs2)CC2/C(=C\c3ccccn3)C(=O)N2[C@H]1C(=O)OC(c1ccccc1)c1ccccc1. The molecule has 2 fully saturated rings. The largest absolute Gasteiger partial charge is 0.451 e. The van der Waals surface area contributed by atoms with E-state index in [2.05, 4.69) is 20.5 Å². The van der Waals surface area contributed by atoms with E-state index < -0.39 is 29.6 Å². The molecule has 4 heterocycles. The highest BCUT2D eigenvalue weighted by Gasteiger charge is 2.63. The van der Waals surface area contributed by atoms with Gasteiger partial charge >= 0.3 is 12.1 Å². The van der Waals surface area contributed by atoms with Crippen LogP contribution in [0.3, 0.4) is 0 Å². The molecule has 10 nitrogen and oxygen atoms in total. The van der Waals surface area contributed by atoms with E-state index in [0.29, 0.717) is 22.8 Å². The Morgan fingerprint density at radius 3 is 2.38 bits per heavy atom. The quantitative estimate of drug-likeness (QED) is 0.177. The van der Waals surface area contributed by atoms with Crippen molar-refractivity contribution in [1.82, 2.24) is 20.1 Å². The molecule has 2 saturated heterocycles. The Labute approximate surface area is 246 Å². The number of fused-ring (bicyclic) bond motifs is 1. The summed E-state index contributed by atoms with van der Waals surface area (Å²) in [5, 5.41) is 10.3. The molecule has 6 rings (SSSR count). The molecule has 2 aliphatic heterocycles. The number of esters is 1. The van der Waals surface area contributed by atoms with Gasteiger partial charge in [0.1, 0.15) is 18.2 Å². The number of carbonyl (C=O) groups excluding carboxylic acids is 3. The molecule has 0 bridgehead atoms. The number of aromatic nitrogens is 3. The first-order valence-electron chi connectivity index (χ1n) is 13.4. The highest BCUT2D eigenvalue weighted by atomic mass is 32.1. The van der Waals surface area contributed by atoms with E-state index in [1.807, 2.05) is 79.7 Å². The van der Waals surface area contributed by atoms with Crippen molar-refractivity contribution >= 4 is 40.5 Å². The molecule has 11 heteroatoms. The summed E-state index contributed by atoms with van der Waals surface area (Å²) in [6.07, 6.45) is 2.38. The van der Waals surface area contributed by atoms with E-state index in [9.17, 15) is 14.4 Å². The molecule has 4 aromatic rings. The molecule has 1 N–H and O–H groups in total. The second-order valence-corrected chi connectivity index (χ2v) is 11.3. The Kier molecular flexibility index (Phi) is 7.49. The topological polar surface area (TPSA) is 124 Å². The molecule has 2 amide bonds. The van der Waals surface area contributed by atoms with Gasteiger partial charge in [-0.15, -0.1) is 10.2 Å². The summed E-state index contributed by atoms with van der Waals surface area (Å²) < 4.78 is 11.8. The lowest BCUT2D eigenvalue weighted by atomic mass is 9.81. The number of nitrogens with zero attached hydrogens (tertiary/aromatic N) is 4. The van der Waals surface area contributed by atoms with Gasteiger partial charge in [0.2, 0.25) is 5.13 Å². The predicted octanol–water partition coefficient (Wildman–Crippen LogP) is 4.89. The number of rotatable bonds is 8. The third-order valence-corrected chi connectivity index (χ3v) is 8.14. The van der Waals surface area contributed by atoms with Crippen LogP contribution in [0.5, 0.6) is 0 Å². The molecule has 0 aliphatic carbocycles. The van der Waals surface area contributed by atoms with Crippen LogP contribution in [0.4, 0.5) is 9.93 Å². The van der Waals surface area contributed by atoms with Gasteiger partial charge in [0, 0.05) is 17.2 Å². The van der Waals surface area contributed by atoms with Crippen LogP contribution in [0.1, 0.15) is 36.3 Å². The van der Waals surface area contributed by atoms with Crippen molar-refractivity contribution < 1.29 is 23.9 Å². The Balaban J connectivity index is 1.29. The number of nitrogens with one attached hydrogen (secondary N) is 1. The fraction of sp³-hybridized carbons (Fsp3) is 0.226. The average Bonchev–Trinajstić information content (AvgIpc) is 3.63. The summed E-state index contributed by atoms with van der Waals surface area (Å²) in [5.74, 6) is -0.846. The fourth-order valence-electron chi connectivity index (χ4n) is 5.57. The molecule has 0 saturated carbocycles. The maximum absolute atomic E-state index is 14.1. The van der Waals surface area contributed by atoms with Crippen molar-refractivity contribution in [2.45, 2.75) is 31.5 Å². The van der Waals surface area contributed by atoms with Crippen LogP contribution in [0.15, 0.2) is 96.1 Å². The number of β-lactam (4-membered cyclic amide) rings is 1. The average molecular weight is 582 g/mol. The molecule has 42 heavy (non-hydrogen) atoms. The van der Waals surface area contributed by atoms with Crippen molar-refractivity contribution in [3.8, 4) is 0 Å². The summed E-state index contributed by atoms with van der Waals surface area (Å²) in [5.41, 5.74) is 3.35. The summed E-state index contributed by atoms with van der Waals surface area (Å²) in [4.78, 5) is 46.1. The number of hydrogen-bond acceptors (Lipinski definition) is 9. The van der Waals surface area contributed by atoms with Crippen LogP contribution in [0.25, 0.3) is 6.08 Å². The molecule has 212 valence electrons. The minimum Gasteiger partial charge on any atom is -0.451 e. The molecule has 3 atom stereocenters. The number of hydrogen-bond donors (Lipinski definition) is 1. The Hall–Kier alpha value is -4.90. The van der Waals surface area contributed by atoms with Gasteiger partial charge in [-0.05, 0) is 35.8 Å². The maximum Gasteiger partial charge on any atom is 0.413 e. The first-order chi connectivity index (χ1) is 20.4. The van der Waals surface area contributed by atoms with Crippen LogP contribution >= 0.6 is 11.3 Å². The highest BCUT2D eigenvalue weighted by molar-refractivity contribution is 7.13. The zero-order valence-corrected chi connectivity index (χ0v) is 23.4. The van der Waals surface area contributed by atoms with Crippen LogP contribution < -0.4 is 5.32 Å². The van der Waals surface area contributed by atoms with Gasteiger partial charge < -0.3 is 14.4 Å². The third-order valence-electron chi connectivity index (χ3n) is 7.53. The lowest BCUT2D eigenvalue weighted by Gasteiger charge is -2.41. The first-order valence-corrected chi connectivity index (χ1v) is 14.3. The van der Waals surface area contributed by atoms with E-state index in [4.69, 9.17) is 9.47 Å². The van der Waals surface area contributed by atoms with Crippen LogP contribution in [0, 0.1) is 5.41 Å². The number of carbonyl (C=O) groups is 3. The monoisotopic (exact) mass is 581 g/mol. The van der Waals surface area contributed by atoms with E-state index in [1.54, 1.807) is 23.2 Å². The molecule has 2 aromatic heterocycles. The van der Waals surface area contributed by atoms with Gasteiger partial charge in [-0.2, -0.15) is 0 Å². The van der Waals surface area contributed by atoms with E-state index in [0.717, 1.165) is 22.5 Å². The Morgan fingerprint density at radius 1 is 1.07 bits per heavy atom. The number of pyridine rings is 1. The summed E-state index contributed by atoms with van der Waals surface area (Å²) in [6, 6.07) is 23.0. The summed E-state index contributed by atoms with van der Waals surface area (Å²) in [6.45, 7) is 1.71. The van der Waals surface area contributed by atoms with Crippen LogP contribution in [0.2, 0.25) is 0 Å². The first kappa shape index (κ1) is 27.3. The molecule has 2 aromatic carbocycles. The van der Waals surface area contributed by atoms with E-state index >= 15 is 0 Å². The summed E-state index contributed by atoms with van der Waals surface area (Å²) >= 11 is 1.15. The second-order valence-electron chi connectivity index (χ2n) is 10.4. The van der Waals surface area contributed by atoms with Crippen molar-refractivity contribution in [1.29, 1.82) is 0 Å². The molecular formula is C31H27N5O5S. The highest BCUT2D eigenvalue weighted by Crippen LogP contribution is 2.50. The molecule has 0 spiro atoms. The normalized spacial score (nSPS) is 22.0. The second kappa shape index (κ2) is 11.5. The summed E-state index contributed by atoms with van der Waals surface area (Å²) in [7, 11) is 0. The fourth-order valence-corrected chi connectivity index (χ4v) is 6.00.